The highest BCUT2D eigenvalue weighted by Gasteiger charge is 2.40. The summed E-state index contributed by atoms with van der Waals surface area (Å²) in [4.78, 5) is 39.3. The molecule has 1 fully saturated rings. The van der Waals surface area contributed by atoms with Crippen molar-refractivity contribution in [1.82, 2.24) is 24.4 Å². The van der Waals surface area contributed by atoms with Crippen molar-refractivity contribution in [3.8, 4) is 0 Å². The Kier molecular flexibility index (Phi) is 6.98. The summed E-state index contributed by atoms with van der Waals surface area (Å²) in [5, 5.41) is 3.50. The van der Waals surface area contributed by atoms with Gasteiger partial charge in [-0.1, -0.05) is 0 Å². The van der Waals surface area contributed by atoms with Crippen LogP contribution in [0.1, 0.15) is 56.0 Å². The molecule has 12 heteroatoms. The number of hydrogen-bond donors (Lipinski definition) is 1. The number of nitrogens with zero attached hydrogens (tertiary/aromatic N) is 5. The molecule has 0 bridgehead atoms. The largest absolute Gasteiger partial charge is 0.373 e. The molecule has 0 radical (unpaired) electrons. The van der Waals surface area contributed by atoms with E-state index in [1.807, 2.05) is 0 Å². The number of carbonyl (C=O) groups excluding carboxylic acids is 1. The van der Waals surface area contributed by atoms with Crippen LogP contribution in [0.3, 0.4) is 0 Å². The Bertz CT molecular complexity index is 1350. The maximum atomic E-state index is 14.7. The van der Waals surface area contributed by atoms with Gasteiger partial charge in [0.05, 0.1) is 28.2 Å². The molecule has 0 saturated carbocycles. The molecule has 1 atom stereocenters. The first-order chi connectivity index (χ1) is 17.1. The molecule has 1 aliphatic rings. The Labute approximate surface area is 205 Å². The quantitative estimate of drug-likeness (QED) is 0.549. The number of alkyl halides is 2. The summed E-state index contributed by atoms with van der Waals surface area (Å²) in [5.41, 5.74) is -1.42. The van der Waals surface area contributed by atoms with Gasteiger partial charge in [0, 0.05) is 40.4 Å². The number of piperidine rings is 1. The van der Waals surface area contributed by atoms with E-state index in [-0.39, 0.29) is 23.0 Å². The summed E-state index contributed by atoms with van der Waals surface area (Å²) in [7, 11) is 3.11. The zero-order valence-electron chi connectivity index (χ0n) is 20.4. The number of rotatable bonds is 6. The van der Waals surface area contributed by atoms with Gasteiger partial charge in [0.2, 0.25) is 5.91 Å². The third-order valence-corrected chi connectivity index (χ3v) is 6.85. The van der Waals surface area contributed by atoms with Crippen LogP contribution < -0.4 is 10.9 Å². The SMILES string of the molecule is COC1(c2cc3c(NC(C)c4nccc(C(F)F)c4F)ncnc3n(C)c2=O)CCN(C(C)=O)CC1. The highest BCUT2D eigenvalue weighted by Crippen LogP contribution is 2.37. The van der Waals surface area contributed by atoms with Crippen molar-refractivity contribution < 1.29 is 22.7 Å². The van der Waals surface area contributed by atoms with E-state index in [1.54, 1.807) is 24.9 Å². The second-order valence-electron chi connectivity index (χ2n) is 8.85. The van der Waals surface area contributed by atoms with Gasteiger partial charge in [0.1, 0.15) is 23.4 Å². The summed E-state index contributed by atoms with van der Waals surface area (Å²) in [6.45, 7) is 3.94. The number of aryl methyl sites for hydroxylation is 1. The average molecular weight is 505 g/mol. The molecule has 3 aromatic rings. The van der Waals surface area contributed by atoms with Gasteiger partial charge in [-0.05, 0) is 31.9 Å². The Morgan fingerprint density at radius 2 is 1.92 bits per heavy atom. The first-order valence-electron chi connectivity index (χ1n) is 11.4. The zero-order chi connectivity index (χ0) is 26.2. The molecule has 0 aliphatic carbocycles. The number of methoxy groups -OCH3 is 1. The van der Waals surface area contributed by atoms with E-state index in [1.165, 1.54) is 24.9 Å². The number of pyridine rings is 2. The highest BCUT2D eigenvalue weighted by molar-refractivity contribution is 5.87. The molecule has 9 nitrogen and oxygen atoms in total. The number of nitrogens with one attached hydrogen (secondary N) is 1. The molecule has 1 unspecified atom stereocenters. The summed E-state index contributed by atoms with van der Waals surface area (Å²) in [6, 6.07) is 1.77. The Hall–Kier alpha value is -3.54. The van der Waals surface area contributed by atoms with E-state index in [0.29, 0.717) is 42.5 Å². The van der Waals surface area contributed by atoms with Crippen LogP contribution in [0, 0.1) is 5.82 Å². The van der Waals surface area contributed by atoms with Crippen LogP contribution in [0.25, 0.3) is 11.0 Å². The molecule has 4 heterocycles. The topological polar surface area (TPSA) is 102 Å². The smallest absolute Gasteiger partial charge is 0.266 e. The number of ether oxygens (including phenoxy) is 1. The third-order valence-electron chi connectivity index (χ3n) is 6.85. The van der Waals surface area contributed by atoms with Crippen molar-refractivity contribution in [3.63, 3.8) is 0 Å². The maximum absolute atomic E-state index is 14.7. The van der Waals surface area contributed by atoms with E-state index in [9.17, 15) is 22.8 Å². The normalized spacial score (nSPS) is 16.4. The maximum Gasteiger partial charge on any atom is 0.266 e. The summed E-state index contributed by atoms with van der Waals surface area (Å²) in [5.74, 6) is -0.855. The van der Waals surface area contributed by atoms with Crippen LogP contribution in [0.2, 0.25) is 0 Å². The summed E-state index contributed by atoms with van der Waals surface area (Å²) in [6.07, 6.45) is 0.259. The van der Waals surface area contributed by atoms with Gasteiger partial charge in [0.25, 0.3) is 12.0 Å². The van der Waals surface area contributed by atoms with Gasteiger partial charge in [-0.15, -0.1) is 0 Å². The molecule has 4 rings (SSSR count). The van der Waals surface area contributed by atoms with Crippen LogP contribution in [-0.2, 0) is 22.2 Å². The van der Waals surface area contributed by atoms with Crippen molar-refractivity contribution >= 4 is 22.8 Å². The molecule has 0 aromatic carbocycles. The van der Waals surface area contributed by atoms with Crippen LogP contribution in [-0.4, -0.2) is 50.5 Å². The average Bonchev–Trinajstić information content (AvgIpc) is 2.86. The van der Waals surface area contributed by atoms with Gasteiger partial charge in [-0.2, -0.15) is 0 Å². The lowest BCUT2D eigenvalue weighted by Crippen LogP contribution is -2.48. The van der Waals surface area contributed by atoms with Crippen molar-refractivity contribution in [2.24, 2.45) is 7.05 Å². The fourth-order valence-electron chi connectivity index (χ4n) is 4.70. The van der Waals surface area contributed by atoms with Crippen LogP contribution >= 0.6 is 0 Å². The van der Waals surface area contributed by atoms with Crippen molar-refractivity contribution in [3.05, 3.63) is 57.6 Å². The molecule has 1 amide bonds. The molecule has 1 N–H and O–H groups in total. The lowest BCUT2D eigenvalue weighted by Gasteiger charge is -2.40. The summed E-state index contributed by atoms with van der Waals surface area (Å²) >= 11 is 0. The van der Waals surface area contributed by atoms with Crippen LogP contribution in [0.15, 0.2) is 29.5 Å². The second kappa shape index (κ2) is 9.84. The number of hydrogen-bond acceptors (Lipinski definition) is 7. The minimum Gasteiger partial charge on any atom is -0.373 e. The van der Waals surface area contributed by atoms with Crippen molar-refractivity contribution in [2.45, 2.75) is 44.8 Å². The first-order valence-corrected chi connectivity index (χ1v) is 11.4. The monoisotopic (exact) mass is 504 g/mol. The Balaban J connectivity index is 1.77. The number of likely N-dealkylation sites (tertiary alicyclic amines) is 1. The van der Waals surface area contributed by atoms with E-state index >= 15 is 0 Å². The van der Waals surface area contributed by atoms with E-state index in [4.69, 9.17) is 4.74 Å². The Morgan fingerprint density at radius 1 is 1.22 bits per heavy atom. The molecular formula is C24H27F3N6O3. The van der Waals surface area contributed by atoms with Crippen molar-refractivity contribution in [1.29, 1.82) is 0 Å². The van der Waals surface area contributed by atoms with Crippen LogP contribution in [0.5, 0.6) is 0 Å². The minimum atomic E-state index is -2.98. The number of carbonyl (C=O) groups is 1. The standard InChI is InChI=1S/C24H27F3N6O3/c1-13(19-18(25)15(20(26)27)5-8-28-19)31-21-16-11-17(23(35)32(3)22(16)30-12-29-21)24(36-4)6-9-33(10-7-24)14(2)34/h5,8,11-13,20H,6-7,9-10H2,1-4H3,(H,29,30,31). The Morgan fingerprint density at radius 3 is 2.53 bits per heavy atom. The number of fused-ring (bicyclic) bond motifs is 1. The molecule has 1 saturated heterocycles. The highest BCUT2D eigenvalue weighted by atomic mass is 19.3. The van der Waals surface area contributed by atoms with E-state index in [2.05, 4.69) is 20.3 Å². The number of anilines is 1. The predicted octanol–water partition coefficient (Wildman–Crippen LogP) is 3.46. The molecule has 1 aliphatic heterocycles. The fraction of sp³-hybridized carbons (Fsp3) is 0.458. The van der Waals surface area contributed by atoms with Gasteiger partial charge >= 0.3 is 0 Å². The third kappa shape index (κ3) is 4.41. The van der Waals surface area contributed by atoms with Crippen LogP contribution in [0.4, 0.5) is 19.0 Å². The molecule has 3 aromatic heterocycles. The lowest BCUT2D eigenvalue weighted by molar-refractivity contribution is -0.135. The molecular weight excluding hydrogens is 477 g/mol. The number of halogens is 3. The molecule has 192 valence electrons. The lowest BCUT2D eigenvalue weighted by atomic mass is 9.84. The van der Waals surface area contributed by atoms with Gasteiger partial charge in [0.15, 0.2) is 5.82 Å². The van der Waals surface area contributed by atoms with Gasteiger partial charge in [-0.3, -0.25) is 19.1 Å². The second-order valence-corrected chi connectivity index (χ2v) is 8.85. The fourth-order valence-corrected chi connectivity index (χ4v) is 4.70. The minimum absolute atomic E-state index is 0.0447. The van der Waals surface area contributed by atoms with E-state index < -0.39 is 29.4 Å². The number of amides is 1. The molecule has 0 spiro atoms. The van der Waals surface area contributed by atoms with Crippen molar-refractivity contribution in [2.75, 3.05) is 25.5 Å². The first kappa shape index (κ1) is 25.5. The van der Waals surface area contributed by atoms with Gasteiger partial charge < -0.3 is 15.0 Å². The van der Waals surface area contributed by atoms with Gasteiger partial charge in [-0.25, -0.2) is 23.1 Å². The number of aromatic nitrogens is 4. The molecule has 36 heavy (non-hydrogen) atoms. The zero-order valence-corrected chi connectivity index (χ0v) is 20.4. The van der Waals surface area contributed by atoms with E-state index in [0.717, 1.165) is 12.3 Å². The predicted molar refractivity (Wildman–Crippen MR) is 126 cm³/mol. The summed E-state index contributed by atoms with van der Waals surface area (Å²) < 4.78 is 48.3.